The molecule has 0 aliphatic carbocycles. The molecule has 0 aliphatic rings. The molecular weight excluding hydrogens is 362 g/mol. The number of pyridine rings is 1. The molecular formula is C16H12ClN5O2S. The van der Waals surface area contributed by atoms with Crippen molar-refractivity contribution in [3.63, 3.8) is 0 Å². The van der Waals surface area contributed by atoms with Gasteiger partial charge in [-0.15, -0.1) is 10.2 Å². The van der Waals surface area contributed by atoms with Gasteiger partial charge in [0.05, 0.1) is 12.0 Å². The molecule has 2 aromatic heterocycles. The molecule has 0 bridgehead atoms. The smallest absolute Gasteiger partial charge is 0.277 e. The fourth-order valence-electron chi connectivity index (χ4n) is 1.79. The third-order valence-corrected chi connectivity index (χ3v) is 4.12. The van der Waals surface area contributed by atoms with Gasteiger partial charge in [-0.25, -0.2) is 5.43 Å². The number of hydrogen-bond donors (Lipinski definition) is 1. The number of amides is 1. The fraction of sp³-hybridized carbons (Fsp3) is 0.0625. The van der Waals surface area contributed by atoms with Crippen LogP contribution < -0.4 is 5.43 Å². The van der Waals surface area contributed by atoms with Gasteiger partial charge in [-0.1, -0.05) is 41.6 Å². The standard InChI is InChI=1S/C16H12ClN5O2S/c17-13-4-2-1-3-12(13)9-19-20-14(23)10-25-16-22-21-15(24-16)11-5-7-18-8-6-11/h1-9H,10H2,(H,20,23)/b19-9+. The van der Waals surface area contributed by atoms with Gasteiger partial charge in [-0.3, -0.25) is 9.78 Å². The van der Waals surface area contributed by atoms with Gasteiger partial charge in [0.15, 0.2) is 0 Å². The second kappa shape index (κ2) is 8.41. The Hall–Kier alpha value is -2.71. The summed E-state index contributed by atoms with van der Waals surface area (Å²) < 4.78 is 5.49. The molecule has 9 heteroatoms. The molecule has 0 radical (unpaired) electrons. The van der Waals surface area contributed by atoms with Gasteiger partial charge in [0.25, 0.3) is 11.1 Å². The van der Waals surface area contributed by atoms with E-state index >= 15 is 0 Å². The van der Waals surface area contributed by atoms with Gasteiger partial charge in [0, 0.05) is 28.5 Å². The van der Waals surface area contributed by atoms with Crippen molar-refractivity contribution in [1.82, 2.24) is 20.6 Å². The third kappa shape index (κ3) is 4.88. The largest absolute Gasteiger partial charge is 0.411 e. The predicted molar refractivity (Wildman–Crippen MR) is 95.4 cm³/mol. The summed E-state index contributed by atoms with van der Waals surface area (Å²) in [4.78, 5) is 15.7. The van der Waals surface area contributed by atoms with Crippen LogP contribution in [-0.2, 0) is 4.79 Å². The molecule has 0 fully saturated rings. The Kier molecular flexibility index (Phi) is 5.76. The van der Waals surface area contributed by atoms with Crippen molar-refractivity contribution >= 4 is 35.5 Å². The number of aromatic nitrogens is 3. The van der Waals surface area contributed by atoms with Crippen LogP contribution in [0.15, 0.2) is 63.5 Å². The van der Waals surface area contributed by atoms with Gasteiger partial charge < -0.3 is 4.42 Å². The zero-order valence-corrected chi connectivity index (χ0v) is 14.4. The summed E-state index contributed by atoms with van der Waals surface area (Å²) in [6.07, 6.45) is 4.76. The fourth-order valence-corrected chi connectivity index (χ4v) is 2.53. The zero-order valence-electron chi connectivity index (χ0n) is 12.8. The molecule has 25 heavy (non-hydrogen) atoms. The van der Waals surface area contributed by atoms with Crippen LogP contribution in [0.2, 0.25) is 5.02 Å². The SMILES string of the molecule is O=C(CSc1nnc(-c2ccncc2)o1)N/N=C/c1ccccc1Cl. The molecule has 0 saturated heterocycles. The van der Waals surface area contributed by atoms with Crippen molar-refractivity contribution in [3.8, 4) is 11.5 Å². The molecule has 126 valence electrons. The van der Waals surface area contributed by atoms with Gasteiger partial charge in [-0.05, 0) is 18.2 Å². The van der Waals surface area contributed by atoms with Gasteiger partial charge in [0.1, 0.15) is 0 Å². The van der Waals surface area contributed by atoms with Crippen LogP contribution in [0.5, 0.6) is 0 Å². The van der Waals surface area contributed by atoms with Crippen molar-refractivity contribution < 1.29 is 9.21 Å². The van der Waals surface area contributed by atoms with E-state index in [2.05, 4.69) is 25.7 Å². The Morgan fingerprint density at radius 3 is 2.84 bits per heavy atom. The van der Waals surface area contributed by atoms with Crippen LogP contribution in [-0.4, -0.2) is 33.1 Å². The number of carbonyl (C=O) groups excluding carboxylic acids is 1. The molecule has 0 spiro atoms. The Morgan fingerprint density at radius 1 is 1.24 bits per heavy atom. The van der Waals surface area contributed by atoms with Gasteiger partial charge >= 0.3 is 0 Å². The lowest BCUT2D eigenvalue weighted by Crippen LogP contribution is -2.19. The van der Waals surface area contributed by atoms with E-state index in [9.17, 15) is 4.79 Å². The van der Waals surface area contributed by atoms with Crippen molar-refractivity contribution in [2.24, 2.45) is 5.10 Å². The van der Waals surface area contributed by atoms with Crippen LogP contribution in [0.25, 0.3) is 11.5 Å². The highest BCUT2D eigenvalue weighted by Crippen LogP contribution is 2.22. The molecule has 0 aliphatic heterocycles. The average Bonchev–Trinajstić information content (AvgIpc) is 3.11. The topological polar surface area (TPSA) is 93.3 Å². The maximum absolute atomic E-state index is 11.8. The summed E-state index contributed by atoms with van der Waals surface area (Å²) in [5.41, 5.74) is 3.91. The minimum absolute atomic E-state index is 0.0951. The second-order valence-electron chi connectivity index (χ2n) is 4.71. The van der Waals surface area contributed by atoms with Gasteiger partial charge in [-0.2, -0.15) is 5.10 Å². The Bertz CT molecular complexity index is 885. The Labute approximate surface area is 152 Å². The van der Waals surface area contributed by atoms with Crippen molar-refractivity contribution in [2.45, 2.75) is 5.22 Å². The first-order valence-electron chi connectivity index (χ1n) is 7.15. The first kappa shape index (κ1) is 17.1. The molecule has 3 aromatic rings. The van der Waals surface area contributed by atoms with Crippen LogP contribution >= 0.6 is 23.4 Å². The maximum Gasteiger partial charge on any atom is 0.277 e. The number of benzene rings is 1. The van der Waals surface area contributed by atoms with Crippen LogP contribution in [0.1, 0.15) is 5.56 Å². The predicted octanol–water partition coefficient (Wildman–Crippen LogP) is 3.03. The normalized spacial score (nSPS) is 10.9. The van der Waals surface area contributed by atoms with E-state index in [-0.39, 0.29) is 11.7 Å². The number of halogens is 1. The van der Waals surface area contributed by atoms with Crippen molar-refractivity contribution in [1.29, 1.82) is 0 Å². The quantitative estimate of drug-likeness (QED) is 0.405. The molecule has 0 saturated carbocycles. The first-order chi connectivity index (χ1) is 12.2. The van der Waals surface area contributed by atoms with Crippen LogP contribution in [0.3, 0.4) is 0 Å². The van der Waals surface area contributed by atoms with E-state index in [1.165, 1.54) is 6.21 Å². The summed E-state index contributed by atoms with van der Waals surface area (Å²) in [5, 5.41) is 12.6. The number of nitrogens with one attached hydrogen (secondary N) is 1. The van der Waals surface area contributed by atoms with Crippen LogP contribution in [0.4, 0.5) is 0 Å². The number of rotatable bonds is 6. The monoisotopic (exact) mass is 373 g/mol. The maximum atomic E-state index is 11.8. The summed E-state index contributed by atoms with van der Waals surface area (Å²) in [6, 6.07) is 10.7. The van der Waals surface area contributed by atoms with E-state index in [4.69, 9.17) is 16.0 Å². The van der Waals surface area contributed by atoms with E-state index < -0.39 is 0 Å². The second-order valence-corrected chi connectivity index (χ2v) is 6.05. The van der Waals surface area contributed by atoms with E-state index in [1.807, 2.05) is 12.1 Å². The summed E-state index contributed by atoms with van der Waals surface area (Å²) >= 11 is 7.12. The van der Waals surface area contributed by atoms with Crippen molar-refractivity contribution in [3.05, 3.63) is 59.4 Å². The minimum Gasteiger partial charge on any atom is -0.411 e. The average molecular weight is 374 g/mol. The Morgan fingerprint density at radius 2 is 2.04 bits per heavy atom. The van der Waals surface area contributed by atoms with Crippen molar-refractivity contribution in [2.75, 3.05) is 5.75 Å². The van der Waals surface area contributed by atoms with E-state index in [1.54, 1.807) is 36.7 Å². The lowest BCUT2D eigenvalue weighted by molar-refractivity contribution is -0.118. The number of nitrogens with zero attached hydrogens (tertiary/aromatic N) is 4. The molecule has 2 heterocycles. The molecule has 7 nitrogen and oxygen atoms in total. The molecule has 1 aromatic carbocycles. The summed E-state index contributed by atoms with van der Waals surface area (Å²) in [5.74, 6) is 0.177. The van der Waals surface area contributed by atoms with Gasteiger partial charge in [0.2, 0.25) is 5.89 Å². The summed E-state index contributed by atoms with van der Waals surface area (Å²) in [6.45, 7) is 0. The lowest BCUT2D eigenvalue weighted by Gasteiger charge is -1.98. The number of carbonyl (C=O) groups is 1. The highest BCUT2D eigenvalue weighted by molar-refractivity contribution is 7.99. The lowest BCUT2D eigenvalue weighted by atomic mass is 10.2. The first-order valence-corrected chi connectivity index (χ1v) is 8.52. The van der Waals surface area contributed by atoms with E-state index in [0.29, 0.717) is 16.1 Å². The molecule has 0 unspecified atom stereocenters. The highest BCUT2D eigenvalue weighted by Gasteiger charge is 2.10. The van der Waals surface area contributed by atoms with E-state index in [0.717, 1.165) is 22.9 Å². The molecule has 1 amide bonds. The zero-order chi connectivity index (χ0) is 17.5. The third-order valence-electron chi connectivity index (χ3n) is 2.96. The number of hydrogen-bond acceptors (Lipinski definition) is 7. The molecule has 0 atom stereocenters. The molecule has 1 N–H and O–H groups in total. The number of thioether (sulfide) groups is 1. The summed E-state index contributed by atoms with van der Waals surface area (Å²) in [7, 11) is 0. The molecule has 3 rings (SSSR count). The number of hydrazone groups is 1. The Balaban J connectivity index is 1.50. The minimum atomic E-state index is -0.294. The van der Waals surface area contributed by atoms with Crippen LogP contribution in [0, 0.1) is 0 Å². The highest BCUT2D eigenvalue weighted by atomic mass is 35.5.